The van der Waals surface area contributed by atoms with Crippen LogP contribution in [0.4, 0.5) is 5.82 Å². The van der Waals surface area contributed by atoms with Crippen molar-refractivity contribution in [3.8, 4) is 11.6 Å². The van der Waals surface area contributed by atoms with E-state index < -0.39 is 0 Å². The van der Waals surface area contributed by atoms with Gasteiger partial charge in [0.2, 0.25) is 5.88 Å². The van der Waals surface area contributed by atoms with Crippen LogP contribution in [0.3, 0.4) is 0 Å². The Balaban J connectivity index is 1.40. The SMILES string of the molecule is CCOc1ccc2ccccc2c1C(=O)NCCOc1cc(N2CCCCC2)nc(C)n1. The van der Waals surface area contributed by atoms with E-state index in [-0.39, 0.29) is 5.91 Å². The van der Waals surface area contributed by atoms with E-state index in [0.29, 0.717) is 42.8 Å². The Morgan fingerprint density at radius 2 is 1.88 bits per heavy atom. The second kappa shape index (κ2) is 10.3. The number of aryl methyl sites for hydroxylation is 1. The molecule has 1 aromatic heterocycles. The second-order valence-corrected chi connectivity index (χ2v) is 7.86. The predicted octanol–water partition coefficient (Wildman–Crippen LogP) is 4.14. The fraction of sp³-hybridized carbons (Fsp3) is 0.400. The molecule has 0 unspecified atom stereocenters. The minimum Gasteiger partial charge on any atom is -0.493 e. The molecule has 1 fully saturated rings. The van der Waals surface area contributed by atoms with E-state index in [1.54, 1.807) is 0 Å². The van der Waals surface area contributed by atoms with Crippen LogP contribution in [0, 0.1) is 6.92 Å². The van der Waals surface area contributed by atoms with Gasteiger partial charge < -0.3 is 19.7 Å². The molecule has 7 nitrogen and oxygen atoms in total. The highest BCUT2D eigenvalue weighted by atomic mass is 16.5. The minimum atomic E-state index is -0.179. The topological polar surface area (TPSA) is 76.6 Å². The smallest absolute Gasteiger partial charge is 0.255 e. The number of amides is 1. The van der Waals surface area contributed by atoms with Crippen molar-refractivity contribution in [3.05, 3.63) is 53.9 Å². The van der Waals surface area contributed by atoms with Gasteiger partial charge in [0.25, 0.3) is 5.91 Å². The highest BCUT2D eigenvalue weighted by molar-refractivity contribution is 6.09. The van der Waals surface area contributed by atoms with Crippen LogP contribution < -0.4 is 19.7 Å². The number of aromatic nitrogens is 2. The summed E-state index contributed by atoms with van der Waals surface area (Å²) in [6, 6.07) is 13.5. The molecule has 0 atom stereocenters. The molecule has 1 saturated heterocycles. The Morgan fingerprint density at radius 1 is 1.06 bits per heavy atom. The van der Waals surface area contributed by atoms with E-state index in [0.717, 1.165) is 29.7 Å². The number of benzene rings is 2. The van der Waals surface area contributed by atoms with E-state index in [2.05, 4.69) is 20.2 Å². The summed E-state index contributed by atoms with van der Waals surface area (Å²) < 4.78 is 11.6. The average Bonchev–Trinajstić information content (AvgIpc) is 2.82. The highest BCUT2D eigenvalue weighted by Gasteiger charge is 2.17. The quantitative estimate of drug-likeness (QED) is 0.537. The first-order valence-electron chi connectivity index (χ1n) is 11.3. The molecule has 4 rings (SSSR count). The molecule has 168 valence electrons. The van der Waals surface area contributed by atoms with Crippen LogP contribution in [0.1, 0.15) is 42.4 Å². The molecule has 0 aliphatic carbocycles. The summed E-state index contributed by atoms with van der Waals surface area (Å²) in [5.41, 5.74) is 0.551. The molecular weight excluding hydrogens is 404 g/mol. The number of hydrogen-bond acceptors (Lipinski definition) is 6. The first kappa shape index (κ1) is 21.9. The number of fused-ring (bicyclic) bond motifs is 1. The van der Waals surface area contributed by atoms with Crippen LogP contribution in [0.15, 0.2) is 42.5 Å². The first-order chi connectivity index (χ1) is 15.7. The molecule has 1 amide bonds. The third-order valence-electron chi connectivity index (χ3n) is 5.54. The lowest BCUT2D eigenvalue weighted by atomic mass is 10.0. The molecular formula is C25H30N4O3. The maximum atomic E-state index is 13.0. The van der Waals surface area contributed by atoms with Crippen molar-refractivity contribution in [3.63, 3.8) is 0 Å². The van der Waals surface area contributed by atoms with Crippen molar-refractivity contribution in [1.82, 2.24) is 15.3 Å². The summed E-state index contributed by atoms with van der Waals surface area (Å²) in [5, 5.41) is 4.82. The third kappa shape index (κ3) is 5.10. The molecule has 3 aromatic rings. The van der Waals surface area contributed by atoms with E-state index in [4.69, 9.17) is 9.47 Å². The maximum Gasteiger partial charge on any atom is 0.255 e. The Labute approximate surface area is 188 Å². The summed E-state index contributed by atoms with van der Waals surface area (Å²) >= 11 is 0. The first-order valence-corrected chi connectivity index (χ1v) is 11.3. The van der Waals surface area contributed by atoms with Crippen LogP contribution in [0.2, 0.25) is 0 Å². The van der Waals surface area contributed by atoms with Crippen molar-refractivity contribution in [2.45, 2.75) is 33.1 Å². The number of anilines is 1. The van der Waals surface area contributed by atoms with Crippen LogP contribution >= 0.6 is 0 Å². The number of rotatable bonds is 8. The minimum absolute atomic E-state index is 0.179. The molecule has 7 heteroatoms. The van der Waals surface area contributed by atoms with Gasteiger partial charge in [-0.15, -0.1) is 0 Å². The monoisotopic (exact) mass is 434 g/mol. The number of nitrogens with one attached hydrogen (secondary N) is 1. The Bertz CT molecular complexity index is 1080. The van der Waals surface area contributed by atoms with Crippen molar-refractivity contribution >= 4 is 22.5 Å². The average molecular weight is 435 g/mol. The van der Waals surface area contributed by atoms with Gasteiger partial charge in [-0.1, -0.05) is 30.3 Å². The van der Waals surface area contributed by atoms with E-state index in [1.807, 2.05) is 56.3 Å². The van der Waals surface area contributed by atoms with Crippen molar-refractivity contribution in [1.29, 1.82) is 0 Å². The van der Waals surface area contributed by atoms with Crippen LogP contribution in [-0.2, 0) is 0 Å². The van der Waals surface area contributed by atoms with E-state index >= 15 is 0 Å². The number of ether oxygens (including phenoxy) is 2. The Hall–Kier alpha value is -3.35. The predicted molar refractivity (Wildman–Crippen MR) is 126 cm³/mol. The number of piperidine rings is 1. The fourth-order valence-corrected chi connectivity index (χ4v) is 4.05. The molecule has 0 radical (unpaired) electrons. The molecule has 32 heavy (non-hydrogen) atoms. The van der Waals surface area contributed by atoms with Crippen LogP contribution in [0.5, 0.6) is 11.6 Å². The Morgan fingerprint density at radius 3 is 2.69 bits per heavy atom. The van der Waals surface area contributed by atoms with E-state index in [9.17, 15) is 4.79 Å². The van der Waals surface area contributed by atoms with Gasteiger partial charge >= 0.3 is 0 Å². The molecule has 1 aliphatic heterocycles. The number of nitrogens with zero attached hydrogens (tertiary/aromatic N) is 3. The van der Waals surface area contributed by atoms with Gasteiger partial charge in [-0.25, -0.2) is 4.98 Å². The summed E-state index contributed by atoms with van der Waals surface area (Å²) in [7, 11) is 0. The van der Waals surface area contributed by atoms with E-state index in [1.165, 1.54) is 19.3 Å². The molecule has 0 saturated carbocycles. The van der Waals surface area contributed by atoms with Gasteiger partial charge in [-0.05, 0) is 49.9 Å². The zero-order valence-electron chi connectivity index (χ0n) is 18.8. The van der Waals surface area contributed by atoms with Gasteiger partial charge in [0.1, 0.15) is 24.0 Å². The van der Waals surface area contributed by atoms with Crippen molar-refractivity contribution < 1.29 is 14.3 Å². The summed E-state index contributed by atoms with van der Waals surface area (Å²) in [4.78, 5) is 24.2. The molecule has 2 aromatic carbocycles. The van der Waals surface area contributed by atoms with Gasteiger partial charge in [0.15, 0.2) is 0 Å². The largest absolute Gasteiger partial charge is 0.493 e. The fourth-order valence-electron chi connectivity index (χ4n) is 4.05. The van der Waals surface area contributed by atoms with Crippen molar-refractivity contribution in [2.75, 3.05) is 37.7 Å². The maximum absolute atomic E-state index is 13.0. The second-order valence-electron chi connectivity index (χ2n) is 7.86. The molecule has 2 heterocycles. The molecule has 0 bridgehead atoms. The zero-order chi connectivity index (χ0) is 22.3. The van der Waals surface area contributed by atoms with Gasteiger partial charge in [-0.3, -0.25) is 4.79 Å². The number of carbonyl (C=O) groups is 1. The summed E-state index contributed by atoms with van der Waals surface area (Å²) in [6.07, 6.45) is 3.64. The number of hydrogen-bond donors (Lipinski definition) is 1. The molecule has 0 spiro atoms. The van der Waals surface area contributed by atoms with Gasteiger partial charge in [0, 0.05) is 19.2 Å². The third-order valence-corrected chi connectivity index (χ3v) is 5.54. The normalized spacial score (nSPS) is 13.8. The molecule has 1 N–H and O–H groups in total. The highest BCUT2D eigenvalue weighted by Crippen LogP contribution is 2.28. The van der Waals surface area contributed by atoms with Crippen molar-refractivity contribution in [2.24, 2.45) is 0 Å². The Kier molecular flexibility index (Phi) is 7.04. The standard InChI is InChI=1S/C25H30N4O3/c1-3-31-21-12-11-19-9-5-6-10-20(19)24(21)25(30)26-13-16-32-23-17-22(27-18(2)28-23)29-14-7-4-8-15-29/h5-6,9-12,17H,3-4,7-8,13-16H2,1-2H3,(H,26,30). The molecule has 1 aliphatic rings. The zero-order valence-corrected chi connectivity index (χ0v) is 18.8. The summed E-state index contributed by atoms with van der Waals surface area (Å²) in [6.45, 7) is 6.98. The van der Waals surface area contributed by atoms with Crippen LogP contribution in [0.25, 0.3) is 10.8 Å². The van der Waals surface area contributed by atoms with Crippen LogP contribution in [-0.4, -0.2) is 48.7 Å². The van der Waals surface area contributed by atoms with Gasteiger partial charge in [0.05, 0.1) is 18.7 Å². The lowest BCUT2D eigenvalue weighted by molar-refractivity contribution is 0.0944. The number of carbonyl (C=O) groups excluding carboxylic acids is 1. The lowest BCUT2D eigenvalue weighted by Gasteiger charge is -2.28. The summed E-state index contributed by atoms with van der Waals surface area (Å²) in [5.74, 6) is 2.54. The van der Waals surface area contributed by atoms with Gasteiger partial charge in [-0.2, -0.15) is 4.98 Å². The lowest BCUT2D eigenvalue weighted by Crippen LogP contribution is -2.30.